The topological polar surface area (TPSA) is 75.9 Å². The van der Waals surface area contributed by atoms with Gasteiger partial charge in [-0.3, -0.25) is 4.79 Å². The van der Waals surface area contributed by atoms with E-state index in [1.54, 1.807) is 22.3 Å². The molecule has 1 N–H and O–H groups in total. The number of piperidine rings is 1. The van der Waals surface area contributed by atoms with Gasteiger partial charge in [0.2, 0.25) is 5.91 Å². The van der Waals surface area contributed by atoms with Crippen molar-refractivity contribution in [2.45, 2.75) is 25.7 Å². The standard InChI is InChI=1S/C18H20N6OS/c25-18(12-15-5-4-10-26-15)20-16-11-14(24-13-19-21-22-24)6-7-17(16)23-8-2-1-3-9-23/h4-7,10-11,13H,1-3,8-9,12H2,(H,20,25). The molecule has 1 fully saturated rings. The molecule has 0 bridgehead atoms. The minimum atomic E-state index is -0.0143. The number of carbonyl (C=O) groups excluding carboxylic acids is 1. The molecule has 0 radical (unpaired) electrons. The molecule has 1 aliphatic heterocycles. The molecule has 1 aliphatic rings. The SMILES string of the molecule is O=C(Cc1cccs1)Nc1cc(-n2cnnn2)ccc1N1CCCCC1. The maximum atomic E-state index is 12.5. The van der Waals surface area contributed by atoms with Crippen molar-refractivity contribution < 1.29 is 4.79 Å². The predicted octanol–water partition coefficient (Wildman–Crippen LogP) is 2.90. The first kappa shape index (κ1) is 16.7. The van der Waals surface area contributed by atoms with Crippen LogP contribution >= 0.6 is 11.3 Å². The smallest absolute Gasteiger partial charge is 0.229 e. The van der Waals surface area contributed by atoms with Crippen LogP contribution in [0.4, 0.5) is 11.4 Å². The van der Waals surface area contributed by atoms with Crippen LogP contribution < -0.4 is 10.2 Å². The molecule has 3 aromatic rings. The van der Waals surface area contributed by atoms with Crippen LogP contribution in [0.1, 0.15) is 24.1 Å². The molecule has 0 spiro atoms. The fourth-order valence-corrected chi connectivity index (χ4v) is 3.93. The lowest BCUT2D eigenvalue weighted by molar-refractivity contribution is -0.115. The highest BCUT2D eigenvalue weighted by Crippen LogP contribution is 2.31. The summed E-state index contributed by atoms with van der Waals surface area (Å²) in [5, 5.41) is 16.4. The van der Waals surface area contributed by atoms with E-state index in [1.165, 1.54) is 19.3 Å². The molecule has 134 valence electrons. The van der Waals surface area contributed by atoms with E-state index in [0.717, 1.165) is 35.0 Å². The zero-order valence-corrected chi connectivity index (χ0v) is 15.2. The first-order valence-corrected chi connectivity index (χ1v) is 9.62. The monoisotopic (exact) mass is 368 g/mol. The van der Waals surface area contributed by atoms with Gasteiger partial charge in [-0.2, -0.15) is 0 Å². The number of hydrogen-bond donors (Lipinski definition) is 1. The van der Waals surface area contributed by atoms with E-state index in [-0.39, 0.29) is 5.91 Å². The molecule has 2 aromatic heterocycles. The second-order valence-corrected chi connectivity index (χ2v) is 7.34. The van der Waals surface area contributed by atoms with Crippen molar-refractivity contribution in [3.8, 4) is 5.69 Å². The normalized spacial score (nSPS) is 14.4. The van der Waals surface area contributed by atoms with Crippen molar-refractivity contribution in [2.75, 3.05) is 23.3 Å². The van der Waals surface area contributed by atoms with Gasteiger partial charge in [-0.15, -0.1) is 16.4 Å². The van der Waals surface area contributed by atoms with Crippen molar-refractivity contribution in [2.24, 2.45) is 0 Å². The summed E-state index contributed by atoms with van der Waals surface area (Å²) in [6.07, 6.45) is 5.55. The zero-order chi connectivity index (χ0) is 17.8. The van der Waals surface area contributed by atoms with Crippen molar-refractivity contribution >= 4 is 28.6 Å². The number of tetrazole rings is 1. The number of thiophene rings is 1. The van der Waals surface area contributed by atoms with Gasteiger partial charge in [-0.1, -0.05) is 6.07 Å². The van der Waals surface area contributed by atoms with Gasteiger partial charge in [0.15, 0.2) is 0 Å². The summed E-state index contributed by atoms with van der Waals surface area (Å²) in [5.74, 6) is -0.0143. The predicted molar refractivity (Wildman–Crippen MR) is 102 cm³/mol. The van der Waals surface area contributed by atoms with Gasteiger partial charge >= 0.3 is 0 Å². The van der Waals surface area contributed by atoms with Gasteiger partial charge < -0.3 is 10.2 Å². The Morgan fingerprint density at radius 2 is 2.08 bits per heavy atom. The van der Waals surface area contributed by atoms with Crippen LogP contribution in [0.25, 0.3) is 5.69 Å². The van der Waals surface area contributed by atoms with Gasteiger partial charge in [0.05, 0.1) is 23.5 Å². The minimum absolute atomic E-state index is 0.0143. The Hall–Kier alpha value is -2.74. The van der Waals surface area contributed by atoms with E-state index in [1.807, 2.05) is 35.7 Å². The number of benzene rings is 1. The fourth-order valence-electron chi connectivity index (χ4n) is 3.22. The van der Waals surface area contributed by atoms with E-state index < -0.39 is 0 Å². The van der Waals surface area contributed by atoms with Crippen molar-refractivity contribution in [1.82, 2.24) is 20.2 Å². The molecule has 1 amide bonds. The van der Waals surface area contributed by atoms with E-state index in [2.05, 4.69) is 25.7 Å². The highest BCUT2D eigenvalue weighted by atomic mass is 32.1. The van der Waals surface area contributed by atoms with E-state index >= 15 is 0 Å². The molecular formula is C18H20N6OS. The number of carbonyl (C=O) groups is 1. The molecule has 3 heterocycles. The van der Waals surface area contributed by atoms with Crippen LogP contribution in [-0.2, 0) is 11.2 Å². The molecule has 1 saturated heterocycles. The van der Waals surface area contributed by atoms with Gasteiger partial charge in [-0.05, 0) is 59.3 Å². The molecule has 0 atom stereocenters. The summed E-state index contributed by atoms with van der Waals surface area (Å²) < 4.78 is 1.59. The summed E-state index contributed by atoms with van der Waals surface area (Å²) in [6.45, 7) is 2.02. The molecule has 0 saturated carbocycles. The third-order valence-electron chi connectivity index (χ3n) is 4.48. The molecule has 0 unspecified atom stereocenters. The molecular weight excluding hydrogens is 348 g/mol. The Bertz CT molecular complexity index is 856. The largest absolute Gasteiger partial charge is 0.370 e. The summed E-state index contributed by atoms with van der Waals surface area (Å²) in [7, 11) is 0. The second-order valence-electron chi connectivity index (χ2n) is 6.31. The average molecular weight is 368 g/mol. The van der Waals surface area contributed by atoms with Crippen molar-refractivity contribution in [3.05, 3.63) is 46.9 Å². The minimum Gasteiger partial charge on any atom is -0.370 e. The zero-order valence-electron chi connectivity index (χ0n) is 14.3. The molecule has 0 aliphatic carbocycles. The summed E-state index contributed by atoms with van der Waals surface area (Å²) >= 11 is 1.59. The number of nitrogens with one attached hydrogen (secondary N) is 1. The lowest BCUT2D eigenvalue weighted by atomic mass is 10.1. The maximum Gasteiger partial charge on any atom is 0.229 e. The van der Waals surface area contributed by atoms with Gasteiger partial charge in [-0.25, -0.2) is 4.68 Å². The van der Waals surface area contributed by atoms with Crippen molar-refractivity contribution in [1.29, 1.82) is 0 Å². The second kappa shape index (κ2) is 7.65. The summed E-state index contributed by atoms with van der Waals surface area (Å²) in [4.78, 5) is 15.9. The lowest BCUT2D eigenvalue weighted by Crippen LogP contribution is -2.30. The first-order valence-electron chi connectivity index (χ1n) is 8.74. The molecule has 4 rings (SSSR count). The fraction of sp³-hybridized carbons (Fsp3) is 0.333. The van der Waals surface area contributed by atoms with Crippen LogP contribution in [0.5, 0.6) is 0 Å². The summed E-state index contributed by atoms with van der Waals surface area (Å²) in [5.41, 5.74) is 2.68. The Balaban J connectivity index is 1.61. The number of amides is 1. The van der Waals surface area contributed by atoms with E-state index in [9.17, 15) is 4.79 Å². The van der Waals surface area contributed by atoms with Gasteiger partial charge in [0, 0.05) is 18.0 Å². The Kier molecular flexibility index (Phi) is 4.92. The van der Waals surface area contributed by atoms with E-state index in [4.69, 9.17) is 0 Å². The lowest BCUT2D eigenvalue weighted by Gasteiger charge is -2.30. The van der Waals surface area contributed by atoms with Crippen LogP contribution in [0, 0.1) is 0 Å². The van der Waals surface area contributed by atoms with Crippen molar-refractivity contribution in [3.63, 3.8) is 0 Å². The van der Waals surface area contributed by atoms with Crippen LogP contribution in [0.3, 0.4) is 0 Å². The van der Waals surface area contributed by atoms with Crippen LogP contribution in [0.15, 0.2) is 42.0 Å². The maximum absolute atomic E-state index is 12.5. The molecule has 7 nitrogen and oxygen atoms in total. The third kappa shape index (κ3) is 3.75. The highest BCUT2D eigenvalue weighted by molar-refractivity contribution is 7.10. The first-order chi connectivity index (χ1) is 12.8. The highest BCUT2D eigenvalue weighted by Gasteiger charge is 2.17. The Labute approximate surface area is 155 Å². The Morgan fingerprint density at radius 3 is 2.81 bits per heavy atom. The number of aromatic nitrogens is 4. The Morgan fingerprint density at radius 1 is 1.19 bits per heavy atom. The summed E-state index contributed by atoms with van der Waals surface area (Å²) in [6, 6.07) is 9.91. The molecule has 1 aromatic carbocycles. The molecule has 8 heteroatoms. The average Bonchev–Trinajstić information content (AvgIpc) is 3.36. The van der Waals surface area contributed by atoms with Crippen LogP contribution in [-0.4, -0.2) is 39.2 Å². The van der Waals surface area contributed by atoms with Crippen LogP contribution in [0.2, 0.25) is 0 Å². The number of nitrogens with zero attached hydrogens (tertiary/aromatic N) is 5. The molecule has 26 heavy (non-hydrogen) atoms. The van der Waals surface area contributed by atoms with E-state index in [0.29, 0.717) is 6.42 Å². The number of hydrogen-bond acceptors (Lipinski definition) is 6. The van der Waals surface area contributed by atoms with Gasteiger partial charge in [0.25, 0.3) is 0 Å². The number of anilines is 2. The number of rotatable bonds is 5. The quantitative estimate of drug-likeness (QED) is 0.749. The third-order valence-corrected chi connectivity index (χ3v) is 5.36. The van der Waals surface area contributed by atoms with Gasteiger partial charge in [0.1, 0.15) is 6.33 Å².